The van der Waals surface area contributed by atoms with Crippen LogP contribution in [0.1, 0.15) is 38.3 Å². The lowest BCUT2D eigenvalue weighted by molar-refractivity contribution is -0.146. The standard InChI is InChI=1S/C16H20N2O3/c1-3-17-10(2)11-5-4-6-12(9-11)18-15(19)13-7-8-14(21-13)16(18)20/h4-6,9-10,13-14,17H,3,7-8H2,1-2H3. The van der Waals surface area contributed by atoms with Crippen LogP contribution in [0.15, 0.2) is 24.3 Å². The number of morpholine rings is 1. The maximum atomic E-state index is 12.4. The van der Waals surface area contributed by atoms with Crippen LogP contribution in [0, 0.1) is 0 Å². The highest BCUT2D eigenvalue weighted by Crippen LogP contribution is 2.32. The molecule has 2 saturated heterocycles. The lowest BCUT2D eigenvalue weighted by Crippen LogP contribution is -2.52. The van der Waals surface area contributed by atoms with Crippen molar-refractivity contribution >= 4 is 17.5 Å². The molecule has 0 spiro atoms. The normalized spacial score (nSPS) is 26.3. The number of nitrogens with zero attached hydrogens (tertiary/aromatic N) is 1. The molecule has 0 saturated carbocycles. The van der Waals surface area contributed by atoms with Gasteiger partial charge >= 0.3 is 0 Å². The molecule has 0 aliphatic carbocycles. The Morgan fingerprint density at radius 1 is 1.29 bits per heavy atom. The quantitative estimate of drug-likeness (QED) is 0.858. The summed E-state index contributed by atoms with van der Waals surface area (Å²) >= 11 is 0. The van der Waals surface area contributed by atoms with Gasteiger partial charge in [-0.1, -0.05) is 19.1 Å². The first-order valence-corrected chi connectivity index (χ1v) is 7.48. The summed E-state index contributed by atoms with van der Waals surface area (Å²) in [6.45, 7) is 4.98. The molecule has 1 aromatic rings. The number of amides is 2. The third-order valence-electron chi connectivity index (χ3n) is 4.15. The van der Waals surface area contributed by atoms with E-state index in [1.807, 2.05) is 31.2 Å². The second kappa shape index (κ2) is 5.58. The fourth-order valence-electron chi connectivity index (χ4n) is 3.01. The van der Waals surface area contributed by atoms with Gasteiger partial charge in [-0.15, -0.1) is 0 Å². The van der Waals surface area contributed by atoms with Gasteiger partial charge in [0.2, 0.25) is 0 Å². The second-order valence-corrected chi connectivity index (χ2v) is 5.58. The Labute approximate surface area is 124 Å². The monoisotopic (exact) mass is 288 g/mol. The molecular formula is C16H20N2O3. The summed E-state index contributed by atoms with van der Waals surface area (Å²) in [6, 6.07) is 7.78. The Balaban J connectivity index is 1.91. The van der Waals surface area contributed by atoms with E-state index in [2.05, 4.69) is 12.2 Å². The Morgan fingerprint density at radius 3 is 2.57 bits per heavy atom. The third-order valence-corrected chi connectivity index (χ3v) is 4.15. The summed E-state index contributed by atoms with van der Waals surface area (Å²) in [6.07, 6.45) is 0.364. The van der Waals surface area contributed by atoms with Gasteiger partial charge in [0, 0.05) is 6.04 Å². The number of benzene rings is 1. The van der Waals surface area contributed by atoms with Gasteiger partial charge in [-0.25, -0.2) is 4.90 Å². The zero-order valence-electron chi connectivity index (χ0n) is 12.3. The highest BCUT2D eigenvalue weighted by Gasteiger charge is 2.47. The Bertz CT molecular complexity index is 550. The van der Waals surface area contributed by atoms with Gasteiger partial charge in [-0.3, -0.25) is 9.59 Å². The fourth-order valence-corrected chi connectivity index (χ4v) is 3.01. The second-order valence-electron chi connectivity index (χ2n) is 5.58. The molecule has 3 atom stereocenters. The highest BCUT2D eigenvalue weighted by atomic mass is 16.5. The van der Waals surface area contributed by atoms with Crippen molar-refractivity contribution in [1.29, 1.82) is 0 Å². The van der Waals surface area contributed by atoms with Crippen molar-refractivity contribution < 1.29 is 14.3 Å². The number of hydrogen-bond donors (Lipinski definition) is 1. The van der Waals surface area contributed by atoms with E-state index in [0.29, 0.717) is 18.5 Å². The largest absolute Gasteiger partial charge is 0.355 e. The molecular weight excluding hydrogens is 268 g/mol. The number of carbonyl (C=O) groups is 2. The van der Waals surface area contributed by atoms with E-state index in [1.54, 1.807) is 0 Å². The van der Waals surface area contributed by atoms with Crippen LogP contribution >= 0.6 is 0 Å². The van der Waals surface area contributed by atoms with E-state index in [0.717, 1.165) is 12.1 Å². The van der Waals surface area contributed by atoms with Crippen LogP contribution in [0.25, 0.3) is 0 Å². The molecule has 1 aromatic carbocycles. The number of fused-ring (bicyclic) bond motifs is 2. The van der Waals surface area contributed by atoms with Crippen molar-refractivity contribution in [3.05, 3.63) is 29.8 Å². The van der Waals surface area contributed by atoms with Gasteiger partial charge in [-0.2, -0.15) is 0 Å². The van der Waals surface area contributed by atoms with Gasteiger partial charge in [0.05, 0.1) is 5.69 Å². The first-order valence-electron chi connectivity index (χ1n) is 7.48. The van der Waals surface area contributed by atoms with Crippen molar-refractivity contribution in [3.8, 4) is 0 Å². The number of carbonyl (C=O) groups excluding carboxylic acids is 2. The van der Waals surface area contributed by atoms with Gasteiger partial charge in [0.25, 0.3) is 11.8 Å². The molecule has 2 heterocycles. The molecule has 2 aliphatic rings. The minimum atomic E-state index is -0.456. The minimum Gasteiger partial charge on any atom is -0.355 e. The van der Waals surface area contributed by atoms with E-state index in [1.165, 1.54) is 4.90 Å². The lowest BCUT2D eigenvalue weighted by Gasteiger charge is -2.30. The molecule has 112 valence electrons. The predicted octanol–water partition coefficient (Wildman–Crippen LogP) is 1.78. The predicted molar refractivity (Wildman–Crippen MR) is 78.9 cm³/mol. The molecule has 21 heavy (non-hydrogen) atoms. The molecule has 2 fully saturated rings. The minimum absolute atomic E-state index is 0.179. The van der Waals surface area contributed by atoms with E-state index < -0.39 is 12.2 Å². The number of nitrogens with one attached hydrogen (secondary N) is 1. The first kappa shape index (κ1) is 14.2. The summed E-state index contributed by atoms with van der Waals surface area (Å²) in [7, 11) is 0. The van der Waals surface area contributed by atoms with Gasteiger partial charge in [0.15, 0.2) is 0 Å². The van der Waals surface area contributed by atoms with E-state index >= 15 is 0 Å². The van der Waals surface area contributed by atoms with Crippen molar-refractivity contribution in [2.75, 3.05) is 11.4 Å². The Kier molecular flexibility index (Phi) is 3.78. The fraction of sp³-hybridized carbons (Fsp3) is 0.500. The lowest BCUT2D eigenvalue weighted by atomic mass is 10.1. The number of hydrogen-bond acceptors (Lipinski definition) is 4. The topological polar surface area (TPSA) is 58.6 Å². The highest BCUT2D eigenvalue weighted by molar-refractivity contribution is 6.19. The van der Waals surface area contributed by atoms with Gasteiger partial charge in [-0.05, 0) is 44.0 Å². The molecule has 1 N–H and O–H groups in total. The maximum Gasteiger partial charge on any atom is 0.262 e. The van der Waals surface area contributed by atoms with Crippen LogP contribution in [0.2, 0.25) is 0 Å². The molecule has 5 heteroatoms. The van der Waals surface area contributed by atoms with E-state index in [4.69, 9.17) is 4.74 Å². The molecule has 2 aliphatic heterocycles. The van der Waals surface area contributed by atoms with Crippen molar-refractivity contribution in [3.63, 3.8) is 0 Å². The molecule has 3 unspecified atom stereocenters. The van der Waals surface area contributed by atoms with E-state index in [-0.39, 0.29) is 17.9 Å². The maximum absolute atomic E-state index is 12.4. The third kappa shape index (κ3) is 2.47. The van der Waals surface area contributed by atoms with Crippen molar-refractivity contribution in [2.45, 2.75) is 44.9 Å². The summed E-state index contributed by atoms with van der Waals surface area (Å²) < 4.78 is 5.44. The Morgan fingerprint density at radius 2 is 1.95 bits per heavy atom. The van der Waals surface area contributed by atoms with Gasteiger partial charge in [0.1, 0.15) is 12.2 Å². The molecule has 2 bridgehead atoms. The Hall–Kier alpha value is -1.72. The zero-order valence-corrected chi connectivity index (χ0v) is 12.3. The van der Waals surface area contributed by atoms with Crippen molar-refractivity contribution in [1.82, 2.24) is 5.32 Å². The number of rotatable bonds is 4. The van der Waals surface area contributed by atoms with Gasteiger partial charge < -0.3 is 10.1 Å². The average molecular weight is 288 g/mol. The van der Waals surface area contributed by atoms with Crippen molar-refractivity contribution in [2.24, 2.45) is 0 Å². The summed E-state index contributed by atoms with van der Waals surface area (Å²) in [4.78, 5) is 26.0. The zero-order chi connectivity index (χ0) is 15.0. The average Bonchev–Trinajstić information content (AvgIpc) is 2.93. The molecule has 0 radical (unpaired) electrons. The van der Waals surface area contributed by atoms with Crippen LogP contribution in [0.5, 0.6) is 0 Å². The number of ether oxygens (including phenoxy) is 1. The van der Waals surface area contributed by atoms with Crippen LogP contribution in [0.3, 0.4) is 0 Å². The molecule has 0 aromatic heterocycles. The molecule has 2 amide bonds. The first-order chi connectivity index (χ1) is 10.1. The van der Waals surface area contributed by atoms with Crippen LogP contribution in [-0.4, -0.2) is 30.6 Å². The summed E-state index contributed by atoms with van der Waals surface area (Å²) in [5.41, 5.74) is 1.71. The van der Waals surface area contributed by atoms with E-state index in [9.17, 15) is 9.59 Å². The summed E-state index contributed by atoms with van der Waals surface area (Å²) in [5, 5.41) is 3.33. The molecule has 3 rings (SSSR count). The van der Waals surface area contributed by atoms with Crippen LogP contribution in [-0.2, 0) is 14.3 Å². The summed E-state index contributed by atoms with van der Waals surface area (Å²) in [5.74, 6) is -0.469. The number of anilines is 1. The van der Waals surface area contributed by atoms with Crippen LogP contribution < -0.4 is 10.2 Å². The number of imide groups is 1. The van der Waals surface area contributed by atoms with Crippen LogP contribution in [0.4, 0.5) is 5.69 Å². The SMILES string of the molecule is CCNC(C)c1cccc(N2C(=O)C3CCC(O3)C2=O)c1. The smallest absolute Gasteiger partial charge is 0.262 e. The molecule has 5 nitrogen and oxygen atoms in total.